The van der Waals surface area contributed by atoms with Gasteiger partial charge in [0.15, 0.2) is 5.82 Å². The summed E-state index contributed by atoms with van der Waals surface area (Å²) in [5, 5.41) is 19.1. The first-order valence-corrected chi connectivity index (χ1v) is 10.1. The Morgan fingerprint density at radius 1 is 1.20 bits per heavy atom. The molecule has 9 nitrogen and oxygen atoms in total. The van der Waals surface area contributed by atoms with Crippen LogP contribution in [-0.2, 0) is 6.54 Å². The van der Waals surface area contributed by atoms with Gasteiger partial charge >= 0.3 is 0 Å². The maximum atomic E-state index is 13.1. The highest BCUT2D eigenvalue weighted by molar-refractivity contribution is 7.99. The van der Waals surface area contributed by atoms with Crippen LogP contribution in [0.15, 0.2) is 59.8 Å². The van der Waals surface area contributed by atoms with Gasteiger partial charge in [0.25, 0.3) is 5.91 Å². The molecule has 0 radical (unpaired) electrons. The number of aromatic nitrogens is 7. The van der Waals surface area contributed by atoms with Gasteiger partial charge in [0.05, 0.1) is 12.2 Å². The first-order chi connectivity index (χ1) is 14.7. The lowest BCUT2D eigenvalue weighted by molar-refractivity contribution is 0.0928. The molecule has 3 heterocycles. The minimum atomic E-state index is -0.418. The van der Waals surface area contributed by atoms with Crippen LogP contribution >= 0.6 is 11.8 Å². The van der Waals surface area contributed by atoms with Gasteiger partial charge in [-0.2, -0.15) is 4.68 Å². The summed E-state index contributed by atoms with van der Waals surface area (Å²) < 4.78 is 16.2. The number of benzene rings is 2. The minimum Gasteiger partial charge on any atom is -0.338 e. The van der Waals surface area contributed by atoms with E-state index in [1.807, 2.05) is 24.3 Å². The largest absolute Gasteiger partial charge is 0.338 e. The lowest BCUT2D eigenvalue weighted by Gasteiger charge is -2.13. The zero-order chi connectivity index (χ0) is 20.5. The first-order valence-electron chi connectivity index (χ1n) is 9.12. The van der Waals surface area contributed by atoms with Crippen LogP contribution in [0.4, 0.5) is 4.39 Å². The number of thioether (sulfide) groups is 1. The van der Waals surface area contributed by atoms with Crippen molar-refractivity contribution in [1.29, 1.82) is 0 Å². The van der Waals surface area contributed by atoms with Crippen LogP contribution < -0.4 is 5.32 Å². The van der Waals surface area contributed by atoms with Crippen LogP contribution in [-0.4, -0.2) is 46.6 Å². The molecule has 5 rings (SSSR count). The zero-order valence-electron chi connectivity index (χ0n) is 15.5. The van der Waals surface area contributed by atoms with Gasteiger partial charge in [0.2, 0.25) is 5.82 Å². The number of fused-ring (bicyclic) bond motifs is 3. The fourth-order valence-corrected chi connectivity index (χ4v) is 4.22. The number of amides is 1. The van der Waals surface area contributed by atoms with Crippen LogP contribution in [0.25, 0.3) is 5.69 Å². The highest BCUT2D eigenvalue weighted by atomic mass is 32.2. The van der Waals surface area contributed by atoms with E-state index in [0.717, 1.165) is 16.1 Å². The third kappa shape index (κ3) is 3.54. The number of halogens is 1. The Morgan fingerprint density at radius 3 is 2.90 bits per heavy atom. The molecule has 1 aliphatic rings. The summed E-state index contributed by atoms with van der Waals surface area (Å²) >= 11 is 1.60. The molecule has 2 aromatic carbocycles. The molecule has 150 valence electrons. The van der Waals surface area contributed by atoms with Crippen LogP contribution in [0.2, 0.25) is 0 Å². The van der Waals surface area contributed by atoms with Crippen molar-refractivity contribution in [2.24, 2.45) is 0 Å². The molecule has 1 aliphatic heterocycles. The van der Waals surface area contributed by atoms with Crippen LogP contribution in [0, 0.1) is 5.82 Å². The van der Waals surface area contributed by atoms with Crippen molar-refractivity contribution in [2.45, 2.75) is 17.5 Å². The molecule has 30 heavy (non-hydrogen) atoms. The Bertz CT molecular complexity index is 1210. The minimum absolute atomic E-state index is 0.0443. The average Bonchev–Trinajstić information content (AvgIpc) is 3.40. The fourth-order valence-electron chi connectivity index (χ4n) is 3.17. The molecule has 2 aromatic heterocycles. The molecule has 1 N–H and O–H groups in total. The first kappa shape index (κ1) is 18.4. The van der Waals surface area contributed by atoms with Gasteiger partial charge in [-0.1, -0.05) is 24.3 Å². The number of carbonyl (C=O) groups is 1. The van der Waals surface area contributed by atoms with Crippen molar-refractivity contribution < 1.29 is 9.18 Å². The predicted octanol–water partition coefficient (Wildman–Crippen LogP) is 2.02. The van der Waals surface area contributed by atoms with Gasteiger partial charge in [-0.15, -0.1) is 22.0 Å². The quantitative estimate of drug-likeness (QED) is 0.537. The van der Waals surface area contributed by atoms with Gasteiger partial charge in [-0.3, -0.25) is 4.79 Å². The van der Waals surface area contributed by atoms with Crippen molar-refractivity contribution in [2.75, 3.05) is 5.75 Å². The number of hydrogen-bond acceptors (Lipinski definition) is 7. The monoisotopic (exact) mass is 422 g/mol. The molecule has 0 unspecified atom stereocenters. The van der Waals surface area contributed by atoms with Gasteiger partial charge in [0, 0.05) is 10.6 Å². The summed E-state index contributed by atoms with van der Waals surface area (Å²) in [6.45, 7) is 0.382. The highest BCUT2D eigenvalue weighted by Gasteiger charge is 2.28. The highest BCUT2D eigenvalue weighted by Crippen LogP contribution is 2.33. The Balaban J connectivity index is 1.33. The number of carbonyl (C=O) groups excluding carboxylic acids is 1. The van der Waals surface area contributed by atoms with E-state index in [1.165, 1.54) is 23.1 Å². The summed E-state index contributed by atoms with van der Waals surface area (Å²) in [6, 6.07) is 13.5. The summed E-state index contributed by atoms with van der Waals surface area (Å²) in [7, 11) is 0. The van der Waals surface area contributed by atoms with E-state index in [1.54, 1.807) is 28.6 Å². The number of rotatable bonds is 4. The second-order valence-electron chi connectivity index (χ2n) is 6.65. The SMILES string of the molecule is O=C(N[C@H]1CSc2ccccc2-n2nnnc21)c1ncn(Cc2ccc(F)cc2)n1. The van der Waals surface area contributed by atoms with Gasteiger partial charge in [-0.25, -0.2) is 14.1 Å². The number of tetrazole rings is 1. The van der Waals surface area contributed by atoms with E-state index in [2.05, 4.69) is 30.9 Å². The third-order valence-corrected chi connectivity index (χ3v) is 5.76. The third-order valence-electron chi connectivity index (χ3n) is 4.61. The Hall–Kier alpha value is -3.60. The van der Waals surface area contributed by atoms with E-state index >= 15 is 0 Å². The molecule has 0 bridgehead atoms. The molecular weight excluding hydrogens is 407 g/mol. The molecule has 0 fully saturated rings. The standard InChI is InChI=1S/C19H15FN8OS/c20-13-7-5-12(6-8-13)9-27-11-21-17(24-27)19(29)22-14-10-30-16-4-2-1-3-15(16)28-18(14)23-25-26-28/h1-8,11,14H,9-10H2,(H,22,29)/t14-/m0/s1. The number of nitrogens with zero attached hydrogens (tertiary/aromatic N) is 7. The molecule has 0 spiro atoms. The Labute approximate surface area is 174 Å². The molecule has 0 saturated carbocycles. The van der Waals surface area contributed by atoms with E-state index in [9.17, 15) is 9.18 Å². The lowest BCUT2D eigenvalue weighted by Crippen LogP contribution is -2.32. The molecule has 1 atom stereocenters. The van der Waals surface area contributed by atoms with Crippen molar-refractivity contribution in [3.63, 3.8) is 0 Å². The number of para-hydroxylation sites is 1. The van der Waals surface area contributed by atoms with Crippen molar-refractivity contribution in [3.8, 4) is 5.69 Å². The smallest absolute Gasteiger partial charge is 0.291 e. The summed E-state index contributed by atoms with van der Waals surface area (Å²) in [5.41, 5.74) is 1.73. The predicted molar refractivity (Wildman–Crippen MR) is 106 cm³/mol. The maximum absolute atomic E-state index is 13.1. The molecule has 4 aromatic rings. The summed E-state index contributed by atoms with van der Waals surface area (Å²) in [6.07, 6.45) is 1.47. The van der Waals surface area contributed by atoms with E-state index < -0.39 is 11.9 Å². The molecule has 1 amide bonds. The van der Waals surface area contributed by atoms with Crippen LogP contribution in [0.3, 0.4) is 0 Å². The van der Waals surface area contributed by atoms with Gasteiger partial charge in [-0.05, 0) is 40.3 Å². The summed E-state index contributed by atoms with van der Waals surface area (Å²) in [4.78, 5) is 17.9. The van der Waals surface area contributed by atoms with Crippen molar-refractivity contribution >= 4 is 17.7 Å². The normalized spacial score (nSPS) is 15.2. The fraction of sp³-hybridized carbons (Fsp3) is 0.158. The van der Waals surface area contributed by atoms with Crippen molar-refractivity contribution in [3.05, 3.63) is 77.9 Å². The Kier molecular flexibility index (Phi) is 4.71. The zero-order valence-corrected chi connectivity index (χ0v) is 16.3. The van der Waals surface area contributed by atoms with E-state index in [-0.39, 0.29) is 11.6 Å². The average molecular weight is 422 g/mol. The Morgan fingerprint density at radius 2 is 2.03 bits per heavy atom. The maximum Gasteiger partial charge on any atom is 0.291 e. The number of hydrogen-bond donors (Lipinski definition) is 1. The molecule has 11 heteroatoms. The van der Waals surface area contributed by atoms with E-state index in [4.69, 9.17) is 0 Å². The van der Waals surface area contributed by atoms with E-state index in [0.29, 0.717) is 18.1 Å². The lowest BCUT2D eigenvalue weighted by atomic mass is 10.2. The van der Waals surface area contributed by atoms with Gasteiger partial charge < -0.3 is 5.32 Å². The second kappa shape index (κ2) is 7.67. The van der Waals surface area contributed by atoms with Gasteiger partial charge in [0.1, 0.15) is 18.2 Å². The van der Waals surface area contributed by atoms with Crippen molar-refractivity contribution in [1.82, 2.24) is 40.3 Å². The molecular formula is C19H15FN8OS. The summed E-state index contributed by atoms with van der Waals surface area (Å²) in [5.74, 6) is 0.441. The second-order valence-corrected chi connectivity index (χ2v) is 7.71. The topological polar surface area (TPSA) is 103 Å². The molecule has 0 aliphatic carbocycles. The van der Waals surface area contributed by atoms with Crippen LogP contribution in [0.5, 0.6) is 0 Å². The number of nitrogens with one attached hydrogen (secondary N) is 1. The molecule has 0 saturated heterocycles. The van der Waals surface area contributed by atoms with Crippen LogP contribution in [0.1, 0.15) is 28.0 Å².